The highest BCUT2D eigenvalue weighted by atomic mass is 35.5. The lowest BCUT2D eigenvalue weighted by molar-refractivity contribution is 0.0742. The summed E-state index contributed by atoms with van der Waals surface area (Å²) in [6.45, 7) is 1.22. The van der Waals surface area contributed by atoms with Crippen LogP contribution in [0.4, 0.5) is 5.69 Å². The van der Waals surface area contributed by atoms with Crippen molar-refractivity contribution >= 4 is 29.1 Å². The van der Waals surface area contributed by atoms with Crippen LogP contribution in [0.5, 0.6) is 5.75 Å². The number of rotatable bonds is 9. The van der Waals surface area contributed by atoms with E-state index in [1.807, 2.05) is 0 Å². The third-order valence-corrected chi connectivity index (χ3v) is 5.23. The molecule has 0 fully saturated rings. The molecule has 2 aromatic carbocycles. The topological polar surface area (TPSA) is 97.5 Å². The molecule has 0 saturated heterocycles. The standard InChI is InChI=1S/C24H25ClN4O3/c1-32-21-6-3-18(4-7-21)24(31)29(14-2-11-26)16-19-15-20(5-8-22(19)25)28-23(30)17-9-12-27-13-10-17/h3-10,12-13,15H,2,11,14,16,26H2,1H3,(H,28,30). The van der Waals surface area contributed by atoms with Crippen molar-refractivity contribution in [1.29, 1.82) is 0 Å². The minimum Gasteiger partial charge on any atom is -0.497 e. The second-order valence-corrected chi connectivity index (χ2v) is 7.50. The van der Waals surface area contributed by atoms with Crippen LogP contribution in [-0.2, 0) is 6.54 Å². The Morgan fingerprint density at radius 2 is 1.78 bits per heavy atom. The molecule has 0 unspecified atom stereocenters. The van der Waals surface area contributed by atoms with Crippen LogP contribution in [0.3, 0.4) is 0 Å². The van der Waals surface area contributed by atoms with E-state index in [0.717, 1.165) is 5.56 Å². The van der Waals surface area contributed by atoms with E-state index in [9.17, 15) is 9.59 Å². The summed E-state index contributed by atoms with van der Waals surface area (Å²) in [6, 6.07) is 15.4. The molecule has 1 aromatic heterocycles. The van der Waals surface area contributed by atoms with Crippen molar-refractivity contribution in [2.45, 2.75) is 13.0 Å². The molecule has 1 heterocycles. The lowest BCUT2D eigenvalue weighted by Gasteiger charge is -2.24. The normalized spacial score (nSPS) is 10.5. The number of benzene rings is 2. The number of amides is 2. The number of carbonyl (C=O) groups excluding carboxylic acids is 2. The molecule has 3 aromatic rings. The van der Waals surface area contributed by atoms with Gasteiger partial charge in [-0.05, 0) is 73.1 Å². The molecule has 0 radical (unpaired) electrons. The number of nitrogens with two attached hydrogens (primary N) is 1. The molecular formula is C24H25ClN4O3. The van der Waals surface area contributed by atoms with Gasteiger partial charge in [0.15, 0.2) is 0 Å². The fraction of sp³-hybridized carbons (Fsp3) is 0.208. The monoisotopic (exact) mass is 452 g/mol. The molecule has 2 amide bonds. The van der Waals surface area contributed by atoms with Crippen molar-refractivity contribution < 1.29 is 14.3 Å². The van der Waals surface area contributed by atoms with Gasteiger partial charge in [0.25, 0.3) is 11.8 Å². The quantitative estimate of drug-likeness (QED) is 0.511. The molecule has 0 atom stereocenters. The summed E-state index contributed by atoms with van der Waals surface area (Å²) >= 11 is 6.42. The number of nitrogens with one attached hydrogen (secondary N) is 1. The zero-order chi connectivity index (χ0) is 22.9. The second kappa shape index (κ2) is 11.3. The van der Waals surface area contributed by atoms with Gasteiger partial charge in [0.1, 0.15) is 5.75 Å². The first-order chi connectivity index (χ1) is 15.5. The number of carbonyl (C=O) groups is 2. The van der Waals surface area contributed by atoms with E-state index in [0.29, 0.717) is 47.1 Å². The number of pyridine rings is 1. The summed E-state index contributed by atoms with van der Waals surface area (Å²) in [5.74, 6) is 0.286. The van der Waals surface area contributed by atoms with E-state index < -0.39 is 0 Å². The Kier molecular flexibility index (Phi) is 8.19. The summed E-state index contributed by atoms with van der Waals surface area (Å²) in [5, 5.41) is 3.36. The fourth-order valence-electron chi connectivity index (χ4n) is 3.14. The van der Waals surface area contributed by atoms with Crippen molar-refractivity contribution in [2.75, 3.05) is 25.5 Å². The van der Waals surface area contributed by atoms with Crippen molar-refractivity contribution in [1.82, 2.24) is 9.88 Å². The van der Waals surface area contributed by atoms with Gasteiger partial charge in [-0.2, -0.15) is 0 Å². The summed E-state index contributed by atoms with van der Waals surface area (Å²) in [4.78, 5) is 31.2. The van der Waals surface area contributed by atoms with Crippen LogP contribution in [0.1, 0.15) is 32.7 Å². The number of aromatic nitrogens is 1. The van der Waals surface area contributed by atoms with Crippen LogP contribution < -0.4 is 15.8 Å². The molecule has 166 valence electrons. The Bertz CT molecular complexity index is 1060. The highest BCUT2D eigenvalue weighted by Gasteiger charge is 2.18. The molecule has 0 bridgehead atoms. The van der Waals surface area contributed by atoms with Crippen LogP contribution in [0.2, 0.25) is 5.02 Å². The lowest BCUT2D eigenvalue weighted by Crippen LogP contribution is -2.32. The van der Waals surface area contributed by atoms with Crippen LogP contribution in [0.25, 0.3) is 0 Å². The number of hydrogen-bond acceptors (Lipinski definition) is 5. The maximum Gasteiger partial charge on any atom is 0.255 e. The van der Waals surface area contributed by atoms with E-state index in [1.54, 1.807) is 79.0 Å². The van der Waals surface area contributed by atoms with E-state index in [4.69, 9.17) is 22.1 Å². The Balaban J connectivity index is 1.79. The number of hydrogen-bond donors (Lipinski definition) is 2. The summed E-state index contributed by atoms with van der Waals surface area (Å²) < 4.78 is 5.17. The Hall–Kier alpha value is -3.42. The van der Waals surface area contributed by atoms with Crippen LogP contribution in [0, 0.1) is 0 Å². The van der Waals surface area contributed by atoms with Gasteiger partial charge in [-0.25, -0.2) is 0 Å². The summed E-state index contributed by atoms with van der Waals surface area (Å²) in [7, 11) is 1.58. The zero-order valence-corrected chi connectivity index (χ0v) is 18.5. The van der Waals surface area contributed by atoms with Crippen molar-refractivity contribution in [3.05, 3.63) is 88.7 Å². The molecule has 0 aliphatic carbocycles. The number of ether oxygens (including phenoxy) is 1. The van der Waals surface area contributed by atoms with Gasteiger partial charge in [-0.1, -0.05) is 11.6 Å². The van der Waals surface area contributed by atoms with Gasteiger partial charge in [0.2, 0.25) is 0 Å². The third-order valence-electron chi connectivity index (χ3n) is 4.86. The molecular weight excluding hydrogens is 428 g/mol. The molecule has 0 aliphatic rings. The van der Waals surface area contributed by atoms with Crippen LogP contribution >= 0.6 is 11.6 Å². The van der Waals surface area contributed by atoms with E-state index in [-0.39, 0.29) is 18.4 Å². The van der Waals surface area contributed by atoms with Gasteiger partial charge in [0, 0.05) is 47.3 Å². The van der Waals surface area contributed by atoms with Gasteiger partial charge in [-0.15, -0.1) is 0 Å². The van der Waals surface area contributed by atoms with Crippen LogP contribution in [0.15, 0.2) is 67.0 Å². The number of halogens is 1. The zero-order valence-electron chi connectivity index (χ0n) is 17.8. The fourth-order valence-corrected chi connectivity index (χ4v) is 3.31. The maximum absolute atomic E-state index is 13.1. The first-order valence-corrected chi connectivity index (χ1v) is 10.5. The molecule has 3 N–H and O–H groups in total. The number of nitrogens with zero attached hydrogens (tertiary/aromatic N) is 2. The van der Waals surface area contributed by atoms with Crippen LogP contribution in [-0.4, -0.2) is 41.9 Å². The first-order valence-electron chi connectivity index (χ1n) is 10.1. The average molecular weight is 453 g/mol. The second-order valence-electron chi connectivity index (χ2n) is 7.09. The predicted molar refractivity (Wildman–Crippen MR) is 125 cm³/mol. The van der Waals surface area contributed by atoms with Crippen molar-refractivity contribution in [3.8, 4) is 5.75 Å². The highest BCUT2D eigenvalue weighted by Crippen LogP contribution is 2.24. The molecule has 0 spiro atoms. The van der Waals surface area contributed by atoms with Crippen molar-refractivity contribution in [2.24, 2.45) is 5.73 Å². The molecule has 8 heteroatoms. The number of methoxy groups -OCH3 is 1. The maximum atomic E-state index is 13.1. The van der Waals surface area contributed by atoms with E-state index in [1.165, 1.54) is 0 Å². The van der Waals surface area contributed by atoms with E-state index >= 15 is 0 Å². The van der Waals surface area contributed by atoms with Gasteiger partial charge in [-0.3, -0.25) is 14.6 Å². The van der Waals surface area contributed by atoms with Gasteiger partial charge >= 0.3 is 0 Å². The Labute approximate surface area is 192 Å². The lowest BCUT2D eigenvalue weighted by atomic mass is 10.1. The minimum absolute atomic E-state index is 0.136. The van der Waals surface area contributed by atoms with E-state index in [2.05, 4.69) is 10.3 Å². The molecule has 0 aliphatic heterocycles. The number of anilines is 1. The summed E-state index contributed by atoms with van der Waals surface area (Å²) in [6.07, 6.45) is 3.77. The predicted octanol–water partition coefficient (Wildman–Crippen LogP) is 3.99. The summed E-state index contributed by atoms with van der Waals surface area (Å²) in [5.41, 5.74) is 8.02. The first kappa shape index (κ1) is 23.2. The highest BCUT2D eigenvalue weighted by molar-refractivity contribution is 6.31. The largest absolute Gasteiger partial charge is 0.497 e. The Morgan fingerprint density at radius 1 is 1.06 bits per heavy atom. The smallest absolute Gasteiger partial charge is 0.255 e. The molecule has 32 heavy (non-hydrogen) atoms. The average Bonchev–Trinajstić information content (AvgIpc) is 2.83. The van der Waals surface area contributed by atoms with Gasteiger partial charge in [0.05, 0.1) is 7.11 Å². The molecule has 7 nitrogen and oxygen atoms in total. The molecule has 3 rings (SSSR count). The third kappa shape index (κ3) is 6.06. The Morgan fingerprint density at radius 3 is 2.44 bits per heavy atom. The SMILES string of the molecule is COc1ccc(C(=O)N(CCCN)Cc2cc(NC(=O)c3ccncc3)ccc2Cl)cc1. The molecule has 0 saturated carbocycles. The van der Waals surface area contributed by atoms with Gasteiger partial charge < -0.3 is 20.7 Å². The van der Waals surface area contributed by atoms with Crippen molar-refractivity contribution in [3.63, 3.8) is 0 Å². The minimum atomic E-state index is -0.255.